The fraction of sp³-hybridized carbons (Fsp3) is 0.857. The van der Waals surface area contributed by atoms with E-state index in [1.807, 2.05) is 0 Å². The minimum absolute atomic E-state index is 0. The zero-order chi connectivity index (χ0) is 7.82. The number of hydrogen-bond acceptors (Lipinski definition) is 2. The zero-order valence-electron chi connectivity index (χ0n) is 6.76. The first-order valence-electron chi connectivity index (χ1n) is 3.74. The summed E-state index contributed by atoms with van der Waals surface area (Å²) in [6, 6.07) is 0. The summed E-state index contributed by atoms with van der Waals surface area (Å²) in [4.78, 5) is 12.1. The highest BCUT2D eigenvalue weighted by atomic mass is 16.1. The van der Waals surface area contributed by atoms with Gasteiger partial charge in [0.15, 0.2) is 0 Å². The Bertz CT molecular complexity index is 86.5. The normalized spacial score (nSPS) is 9.90. The standard InChI is InChI=1S/C7H16N2O.H2/c1-3-9(4-2)6-5-8-7-10;/h7H,3-6H2,1-2H3,(H,8,10);1H. The molecule has 0 atom stereocenters. The van der Waals surface area contributed by atoms with Crippen molar-refractivity contribution in [2.75, 3.05) is 26.2 Å². The van der Waals surface area contributed by atoms with Crippen molar-refractivity contribution >= 4 is 6.41 Å². The van der Waals surface area contributed by atoms with Crippen LogP contribution in [0.15, 0.2) is 0 Å². The third-order valence-corrected chi connectivity index (χ3v) is 1.55. The monoisotopic (exact) mass is 146 g/mol. The Morgan fingerprint density at radius 1 is 1.50 bits per heavy atom. The van der Waals surface area contributed by atoms with Crippen molar-refractivity contribution in [3.05, 3.63) is 0 Å². The van der Waals surface area contributed by atoms with Gasteiger partial charge in [-0.2, -0.15) is 0 Å². The lowest BCUT2D eigenvalue weighted by Crippen LogP contribution is -2.31. The second-order valence-corrected chi connectivity index (χ2v) is 2.10. The average Bonchev–Trinajstić information content (AvgIpc) is 1.99. The smallest absolute Gasteiger partial charge is 0.207 e. The molecule has 3 heteroatoms. The van der Waals surface area contributed by atoms with Gasteiger partial charge in [0, 0.05) is 14.5 Å². The van der Waals surface area contributed by atoms with Gasteiger partial charge in [0.2, 0.25) is 6.41 Å². The van der Waals surface area contributed by atoms with E-state index in [-0.39, 0.29) is 1.43 Å². The maximum absolute atomic E-state index is 9.83. The number of rotatable bonds is 6. The largest absolute Gasteiger partial charge is 0.357 e. The molecule has 1 amide bonds. The third-order valence-electron chi connectivity index (χ3n) is 1.55. The van der Waals surface area contributed by atoms with E-state index in [0.717, 1.165) is 32.6 Å². The van der Waals surface area contributed by atoms with Gasteiger partial charge >= 0.3 is 0 Å². The van der Waals surface area contributed by atoms with E-state index in [1.165, 1.54) is 0 Å². The zero-order valence-corrected chi connectivity index (χ0v) is 6.76. The van der Waals surface area contributed by atoms with E-state index >= 15 is 0 Å². The van der Waals surface area contributed by atoms with Crippen molar-refractivity contribution in [2.24, 2.45) is 0 Å². The summed E-state index contributed by atoms with van der Waals surface area (Å²) >= 11 is 0. The quantitative estimate of drug-likeness (QED) is 0.432. The number of hydrogen-bond donors (Lipinski definition) is 1. The van der Waals surface area contributed by atoms with Crippen LogP contribution in [0, 0.1) is 0 Å². The van der Waals surface area contributed by atoms with Crippen LogP contribution < -0.4 is 5.32 Å². The molecule has 0 aromatic heterocycles. The van der Waals surface area contributed by atoms with Crippen molar-refractivity contribution in [3.63, 3.8) is 0 Å². The molecule has 0 aliphatic rings. The van der Waals surface area contributed by atoms with Gasteiger partial charge in [-0.25, -0.2) is 0 Å². The van der Waals surface area contributed by atoms with Gasteiger partial charge in [-0.1, -0.05) is 13.8 Å². The highest BCUT2D eigenvalue weighted by Gasteiger charge is 1.95. The average molecular weight is 146 g/mol. The van der Waals surface area contributed by atoms with Crippen LogP contribution in [0.5, 0.6) is 0 Å². The summed E-state index contributed by atoms with van der Waals surface area (Å²) in [5.41, 5.74) is 0. The lowest BCUT2D eigenvalue weighted by atomic mass is 10.5. The fourth-order valence-electron chi connectivity index (χ4n) is 0.821. The Hall–Kier alpha value is -0.570. The molecule has 0 spiro atoms. The number of carbonyl (C=O) groups is 1. The number of amides is 1. The summed E-state index contributed by atoms with van der Waals surface area (Å²) in [6.07, 6.45) is 0.740. The van der Waals surface area contributed by atoms with Crippen LogP contribution in [0.3, 0.4) is 0 Å². The molecule has 0 rings (SSSR count). The molecule has 0 aliphatic carbocycles. The first-order chi connectivity index (χ1) is 4.85. The predicted molar refractivity (Wildman–Crippen MR) is 44.0 cm³/mol. The number of nitrogens with one attached hydrogen (secondary N) is 1. The van der Waals surface area contributed by atoms with Gasteiger partial charge in [0.1, 0.15) is 0 Å². The van der Waals surface area contributed by atoms with Crippen molar-refractivity contribution in [3.8, 4) is 0 Å². The molecule has 10 heavy (non-hydrogen) atoms. The minimum Gasteiger partial charge on any atom is -0.357 e. The van der Waals surface area contributed by atoms with E-state index in [1.54, 1.807) is 0 Å². The molecule has 0 bridgehead atoms. The summed E-state index contributed by atoms with van der Waals surface area (Å²) in [7, 11) is 0. The molecule has 0 aliphatic heterocycles. The van der Waals surface area contributed by atoms with E-state index in [9.17, 15) is 4.79 Å². The second-order valence-electron chi connectivity index (χ2n) is 2.10. The van der Waals surface area contributed by atoms with Crippen LogP contribution in [-0.4, -0.2) is 37.5 Å². The van der Waals surface area contributed by atoms with Crippen LogP contribution in [0.4, 0.5) is 0 Å². The lowest BCUT2D eigenvalue weighted by Gasteiger charge is -2.16. The number of likely N-dealkylation sites (N-methyl/N-ethyl adjacent to an activating group) is 1. The first kappa shape index (κ1) is 9.43. The summed E-state index contributed by atoms with van der Waals surface area (Å²) in [6.45, 7) is 8.04. The van der Waals surface area contributed by atoms with Gasteiger partial charge in [0.05, 0.1) is 0 Å². The molecule has 1 N–H and O–H groups in total. The maximum Gasteiger partial charge on any atom is 0.207 e. The van der Waals surface area contributed by atoms with Crippen molar-refractivity contribution in [2.45, 2.75) is 13.8 Å². The van der Waals surface area contributed by atoms with Crippen molar-refractivity contribution in [1.29, 1.82) is 0 Å². The molecule has 0 saturated heterocycles. The minimum atomic E-state index is 0. The Morgan fingerprint density at radius 2 is 2.10 bits per heavy atom. The summed E-state index contributed by atoms with van der Waals surface area (Å²) in [5.74, 6) is 0. The molecule has 0 radical (unpaired) electrons. The number of nitrogens with zero attached hydrogens (tertiary/aromatic N) is 1. The molecule has 0 aromatic rings. The van der Waals surface area contributed by atoms with Crippen molar-refractivity contribution < 1.29 is 6.22 Å². The van der Waals surface area contributed by atoms with Crippen LogP contribution in [0.1, 0.15) is 15.3 Å². The van der Waals surface area contributed by atoms with Crippen LogP contribution in [-0.2, 0) is 4.79 Å². The Balaban J connectivity index is 0. The SMILES string of the molecule is CCN(CC)CCNC=O.[HH]. The summed E-state index contributed by atoms with van der Waals surface area (Å²) < 4.78 is 0. The molecular weight excluding hydrogens is 128 g/mol. The molecule has 62 valence electrons. The van der Waals surface area contributed by atoms with Crippen molar-refractivity contribution in [1.82, 2.24) is 10.2 Å². The first-order valence-corrected chi connectivity index (χ1v) is 3.74. The topological polar surface area (TPSA) is 32.3 Å². The Labute approximate surface area is 63.9 Å². The molecular formula is C7H18N2O. The van der Waals surface area contributed by atoms with Gasteiger partial charge in [-0.3, -0.25) is 4.79 Å². The molecule has 0 aromatic carbocycles. The second kappa shape index (κ2) is 6.55. The van der Waals surface area contributed by atoms with E-state index < -0.39 is 0 Å². The molecule has 0 unspecified atom stereocenters. The summed E-state index contributed by atoms with van der Waals surface area (Å²) in [5, 5.41) is 2.63. The van der Waals surface area contributed by atoms with Gasteiger partial charge in [-0.05, 0) is 13.1 Å². The molecule has 0 fully saturated rings. The van der Waals surface area contributed by atoms with Gasteiger partial charge in [-0.15, -0.1) is 0 Å². The number of carbonyl (C=O) groups excluding carboxylic acids is 1. The van der Waals surface area contributed by atoms with Crippen LogP contribution in [0.25, 0.3) is 0 Å². The van der Waals surface area contributed by atoms with Gasteiger partial charge < -0.3 is 10.2 Å². The maximum atomic E-state index is 9.83. The van der Waals surface area contributed by atoms with Crippen LogP contribution >= 0.6 is 0 Å². The van der Waals surface area contributed by atoms with Gasteiger partial charge in [0.25, 0.3) is 0 Å². The highest BCUT2D eigenvalue weighted by Crippen LogP contribution is 1.82. The van der Waals surface area contributed by atoms with Crippen LogP contribution in [0.2, 0.25) is 0 Å². The molecule has 0 heterocycles. The van der Waals surface area contributed by atoms with E-state index in [4.69, 9.17) is 0 Å². The fourth-order valence-corrected chi connectivity index (χ4v) is 0.821. The predicted octanol–water partition coefficient (Wildman–Crippen LogP) is 0.320. The Morgan fingerprint density at radius 3 is 2.50 bits per heavy atom. The molecule has 0 saturated carbocycles. The molecule has 3 nitrogen and oxygen atoms in total. The third kappa shape index (κ3) is 4.32. The lowest BCUT2D eigenvalue weighted by molar-refractivity contribution is -0.109. The highest BCUT2D eigenvalue weighted by molar-refractivity contribution is 5.45. The van der Waals surface area contributed by atoms with E-state index in [0.29, 0.717) is 0 Å². The van der Waals surface area contributed by atoms with E-state index in [2.05, 4.69) is 24.1 Å². The Kier molecular flexibility index (Phi) is 6.18.